The fourth-order valence-electron chi connectivity index (χ4n) is 3.44. The molecule has 1 saturated carbocycles. The third-order valence-electron chi connectivity index (χ3n) is 5.57. The number of rotatable bonds is 6. The smallest absolute Gasteiger partial charge is 0.245 e. The van der Waals surface area contributed by atoms with Crippen LogP contribution in [0.3, 0.4) is 0 Å². The Balaban J connectivity index is 1.83. The Morgan fingerprint density at radius 1 is 1.24 bits per heavy atom. The zero-order valence-electron chi connectivity index (χ0n) is 18.2. The first kappa shape index (κ1) is 21.1. The van der Waals surface area contributed by atoms with Crippen molar-refractivity contribution in [3.8, 4) is 5.69 Å². The van der Waals surface area contributed by atoms with E-state index < -0.39 is 0 Å². The molecule has 0 aliphatic heterocycles. The lowest BCUT2D eigenvalue weighted by Crippen LogP contribution is -2.43. The predicted molar refractivity (Wildman–Crippen MR) is 115 cm³/mol. The van der Waals surface area contributed by atoms with Gasteiger partial charge in [0.1, 0.15) is 5.82 Å². The van der Waals surface area contributed by atoms with E-state index in [0.717, 1.165) is 36.2 Å². The average Bonchev–Trinajstić information content (AvgIpc) is 3.02. The maximum atomic E-state index is 12.8. The van der Waals surface area contributed by atoms with Crippen LogP contribution in [0.5, 0.6) is 0 Å². The molecule has 0 atom stereocenters. The van der Waals surface area contributed by atoms with Gasteiger partial charge in [0.2, 0.25) is 11.8 Å². The van der Waals surface area contributed by atoms with E-state index in [2.05, 4.69) is 26.1 Å². The molecule has 3 rings (SSSR count). The van der Waals surface area contributed by atoms with Crippen molar-refractivity contribution >= 4 is 17.6 Å². The Kier molecular flexibility index (Phi) is 6.10. The van der Waals surface area contributed by atoms with E-state index in [0.29, 0.717) is 12.4 Å². The molecule has 1 heterocycles. The average molecular weight is 397 g/mol. The summed E-state index contributed by atoms with van der Waals surface area (Å²) in [6, 6.07) is 9.88. The van der Waals surface area contributed by atoms with Crippen LogP contribution in [0.4, 0.5) is 5.82 Å². The summed E-state index contributed by atoms with van der Waals surface area (Å²) in [5.74, 6) is 0.612. The number of amides is 2. The fourth-order valence-corrected chi connectivity index (χ4v) is 3.44. The molecule has 0 saturated heterocycles. The topological polar surface area (TPSA) is 67.2 Å². The van der Waals surface area contributed by atoms with Crippen molar-refractivity contribution in [2.45, 2.75) is 59.3 Å². The summed E-state index contributed by atoms with van der Waals surface area (Å²) in [5.41, 5.74) is 2.75. The van der Waals surface area contributed by atoms with Gasteiger partial charge in [-0.2, -0.15) is 5.10 Å². The first-order chi connectivity index (χ1) is 13.7. The van der Waals surface area contributed by atoms with Crippen LogP contribution in [0.25, 0.3) is 5.69 Å². The van der Waals surface area contributed by atoms with Crippen molar-refractivity contribution in [3.05, 3.63) is 41.6 Å². The monoisotopic (exact) mass is 396 g/mol. The summed E-state index contributed by atoms with van der Waals surface area (Å²) in [7, 11) is 0. The standard InChI is InChI=1S/C23H32N4O2/c1-6-26(22(29)17-11-9-12-17)15-21(28)24-20-14-19(23(3,4)5)25-27(20)18-13-8-7-10-16(18)2/h7-8,10,13-14,17H,6,9,11-12,15H2,1-5H3,(H,24,28). The number of likely N-dealkylation sites (N-methyl/N-ethyl adjacent to an activating group) is 1. The fraction of sp³-hybridized carbons (Fsp3) is 0.522. The number of carbonyl (C=O) groups excluding carboxylic acids is 2. The van der Waals surface area contributed by atoms with Crippen molar-refractivity contribution < 1.29 is 9.59 Å². The van der Waals surface area contributed by atoms with Crippen molar-refractivity contribution in [3.63, 3.8) is 0 Å². The van der Waals surface area contributed by atoms with Crippen molar-refractivity contribution in [1.29, 1.82) is 0 Å². The van der Waals surface area contributed by atoms with E-state index in [4.69, 9.17) is 5.10 Å². The van der Waals surface area contributed by atoms with Gasteiger partial charge >= 0.3 is 0 Å². The number of nitrogens with one attached hydrogen (secondary N) is 1. The lowest BCUT2D eigenvalue weighted by atomic mass is 9.84. The molecule has 0 radical (unpaired) electrons. The molecule has 1 aliphatic rings. The predicted octanol–water partition coefficient (Wildman–Crippen LogP) is 4.07. The maximum absolute atomic E-state index is 12.8. The lowest BCUT2D eigenvalue weighted by molar-refractivity contribution is -0.140. The van der Waals surface area contributed by atoms with Gasteiger partial charge < -0.3 is 10.2 Å². The third kappa shape index (κ3) is 4.69. The van der Waals surface area contributed by atoms with Crippen LogP contribution >= 0.6 is 0 Å². The zero-order chi connectivity index (χ0) is 21.2. The van der Waals surface area contributed by atoms with Gasteiger partial charge in [-0.25, -0.2) is 4.68 Å². The number of nitrogens with zero attached hydrogens (tertiary/aromatic N) is 3. The summed E-state index contributed by atoms with van der Waals surface area (Å²) < 4.78 is 1.79. The Bertz CT molecular complexity index is 891. The quantitative estimate of drug-likeness (QED) is 0.800. The molecule has 1 aromatic heterocycles. The summed E-state index contributed by atoms with van der Waals surface area (Å²) in [6.07, 6.45) is 2.98. The van der Waals surface area contributed by atoms with Gasteiger partial charge in [0.25, 0.3) is 0 Å². The number of para-hydroxylation sites is 1. The zero-order valence-corrected chi connectivity index (χ0v) is 18.2. The van der Waals surface area contributed by atoms with Crippen LogP contribution in [0.15, 0.2) is 30.3 Å². The second kappa shape index (κ2) is 8.39. The Morgan fingerprint density at radius 3 is 2.48 bits per heavy atom. The van der Waals surface area contributed by atoms with E-state index in [1.54, 1.807) is 9.58 Å². The number of aromatic nitrogens is 2. The minimum absolute atomic E-state index is 0.0651. The largest absolute Gasteiger partial charge is 0.333 e. The van der Waals surface area contributed by atoms with Crippen molar-refractivity contribution in [1.82, 2.24) is 14.7 Å². The minimum atomic E-state index is -0.199. The number of anilines is 1. The van der Waals surface area contributed by atoms with E-state index in [1.165, 1.54) is 0 Å². The van der Waals surface area contributed by atoms with Crippen molar-refractivity contribution in [2.75, 3.05) is 18.4 Å². The normalized spacial score (nSPS) is 14.4. The molecule has 1 aliphatic carbocycles. The molecule has 1 aromatic carbocycles. The molecular weight excluding hydrogens is 364 g/mol. The molecule has 1 fully saturated rings. The van der Waals surface area contributed by atoms with Crippen LogP contribution in [0, 0.1) is 12.8 Å². The lowest BCUT2D eigenvalue weighted by Gasteiger charge is -2.30. The molecule has 2 amide bonds. The summed E-state index contributed by atoms with van der Waals surface area (Å²) in [6.45, 7) is 10.8. The highest BCUT2D eigenvalue weighted by atomic mass is 16.2. The number of aryl methyl sites for hydroxylation is 1. The second-order valence-electron chi connectivity index (χ2n) is 8.89. The molecule has 6 nitrogen and oxygen atoms in total. The highest BCUT2D eigenvalue weighted by molar-refractivity contribution is 5.94. The first-order valence-electron chi connectivity index (χ1n) is 10.5. The highest BCUT2D eigenvalue weighted by Crippen LogP contribution is 2.29. The van der Waals surface area contributed by atoms with Crippen LogP contribution in [-0.2, 0) is 15.0 Å². The second-order valence-corrected chi connectivity index (χ2v) is 8.89. The van der Waals surface area contributed by atoms with E-state index in [1.807, 2.05) is 44.2 Å². The Labute approximate surface area is 173 Å². The van der Waals surface area contributed by atoms with Gasteiger partial charge in [0, 0.05) is 23.9 Å². The number of benzene rings is 1. The first-order valence-corrected chi connectivity index (χ1v) is 10.5. The van der Waals surface area contributed by atoms with Crippen LogP contribution < -0.4 is 5.32 Å². The molecule has 1 N–H and O–H groups in total. The highest BCUT2D eigenvalue weighted by Gasteiger charge is 2.30. The summed E-state index contributed by atoms with van der Waals surface area (Å²) in [5, 5.41) is 7.76. The van der Waals surface area contributed by atoms with Gasteiger partial charge in [-0.1, -0.05) is 45.4 Å². The van der Waals surface area contributed by atoms with Crippen LogP contribution in [0.2, 0.25) is 0 Å². The molecule has 0 unspecified atom stereocenters. The van der Waals surface area contributed by atoms with Gasteiger partial charge in [0.15, 0.2) is 0 Å². The minimum Gasteiger partial charge on any atom is -0.333 e. The molecule has 29 heavy (non-hydrogen) atoms. The van der Waals surface area contributed by atoms with Gasteiger partial charge in [-0.15, -0.1) is 0 Å². The molecular formula is C23H32N4O2. The number of hydrogen-bond acceptors (Lipinski definition) is 3. The van der Waals surface area contributed by atoms with Gasteiger partial charge in [-0.05, 0) is 38.3 Å². The molecule has 2 aromatic rings. The SMILES string of the molecule is CCN(CC(=O)Nc1cc(C(C)(C)C)nn1-c1ccccc1C)C(=O)C1CCC1. The molecule has 6 heteroatoms. The molecule has 0 spiro atoms. The summed E-state index contributed by atoms with van der Waals surface area (Å²) in [4.78, 5) is 27.0. The van der Waals surface area contributed by atoms with Crippen molar-refractivity contribution in [2.24, 2.45) is 5.92 Å². The summed E-state index contributed by atoms with van der Waals surface area (Å²) >= 11 is 0. The third-order valence-corrected chi connectivity index (χ3v) is 5.57. The van der Waals surface area contributed by atoms with E-state index in [9.17, 15) is 9.59 Å². The van der Waals surface area contributed by atoms with E-state index >= 15 is 0 Å². The van der Waals surface area contributed by atoms with Gasteiger partial charge in [0.05, 0.1) is 17.9 Å². The van der Waals surface area contributed by atoms with Crippen LogP contribution in [-0.4, -0.2) is 39.6 Å². The number of hydrogen-bond donors (Lipinski definition) is 1. The Morgan fingerprint density at radius 2 is 1.93 bits per heavy atom. The molecule has 0 bridgehead atoms. The van der Waals surface area contributed by atoms with Gasteiger partial charge in [-0.3, -0.25) is 9.59 Å². The maximum Gasteiger partial charge on any atom is 0.245 e. The Hall–Kier alpha value is -2.63. The molecule has 156 valence electrons. The van der Waals surface area contributed by atoms with Crippen LogP contribution in [0.1, 0.15) is 58.2 Å². The van der Waals surface area contributed by atoms with E-state index in [-0.39, 0.29) is 29.7 Å². The number of carbonyl (C=O) groups is 2.